The molecule has 0 spiro atoms. The van der Waals surface area contributed by atoms with Crippen LogP contribution in [-0.4, -0.2) is 5.16 Å². The van der Waals surface area contributed by atoms with Crippen molar-refractivity contribution in [3.63, 3.8) is 0 Å². The molecule has 1 nitrogen and oxygen atoms in total. The van der Waals surface area contributed by atoms with Crippen molar-refractivity contribution in [1.29, 1.82) is 0 Å². The number of unbranched alkanes of at least 4 members (excludes halogenated alkanes) is 1. The second-order valence-corrected chi connectivity index (χ2v) is 7.04. The van der Waals surface area contributed by atoms with Gasteiger partial charge in [-0.05, 0) is 78.1 Å². The van der Waals surface area contributed by atoms with Crippen LogP contribution >= 0.6 is 12.2 Å². The number of benzene rings is 3. The molecule has 0 aliphatic heterocycles. The summed E-state index contributed by atoms with van der Waals surface area (Å²) in [6.45, 7) is 2.12. The van der Waals surface area contributed by atoms with Crippen LogP contribution in [0.25, 0.3) is 11.1 Å². The van der Waals surface area contributed by atoms with Crippen LogP contribution in [-0.2, 0) is 6.42 Å². The standard InChI is InChI=1S/C25H17F4NS/c1-2-3-4-16-5-7-17(8-6-16)9-10-20-21(26)11-18(12-22(20)27)19-13-23(28)25(30-15-31)24(29)14-19/h5-8,11-14H,2-4H2,1H3. The lowest BCUT2D eigenvalue weighted by atomic mass is 10.0. The van der Waals surface area contributed by atoms with Crippen molar-refractivity contribution in [2.75, 3.05) is 0 Å². The maximum absolute atomic E-state index is 14.5. The van der Waals surface area contributed by atoms with Gasteiger partial charge < -0.3 is 0 Å². The van der Waals surface area contributed by atoms with Crippen molar-refractivity contribution in [2.24, 2.45) is 4.99 Å². The maximum Gasteiger partial charge on any atom is 0.153 e. The van der Waals surface area contributed by atoms with Gasteiger partial charge in [0.15, 0.2) is 11.6 Å². The number of hydrogen-bond acceptors (Lipinski definition) is 2. The molecule has 0 heterocycles. The van der Waals surface area contributed by atoms with Gasteiger partial charge in [0, 0.05) is 5.56 Å². The van der Waals surface area contributed by atoms with Gasteiger partial charge in [0.1, 0.15) is 17.3 Å². The molecule has 3 aromatic rings. The Morgan fingerprint density at radius 1 is 0.806 bits per heavy atom. The SMILES string of the molecule is CCCCc1ccc(C#Cc2c(F)cc(-c3cc(F)c(N=C=S)c(F)c3)cc2F)cc1. The van der Waals surface area contributed by atoms with Crippen LogP contribution in [0.5, 0.6) is 0 Å². The lowest BCUT2D eigenvalue weighted by Gasteiger charge is -2.07. The average Bonchev–Trinajstić information content (AvgIpc) is 2.74. The van der Waals surface area contributed by atoms with Crippen molar-refractivity contribution in [3.05, 3.63) is 88.5 Å². The van der Waals surface area contributed by atoms with E-state index in [1.165, 1.54) is 5.56 Å². The van der Waals surface area contributed by atoms with E-state index in [0.717, 1.165) is 43.5 Å². The first-order valence-electron chi connectivity index (χ1n) is 9.60. The fraction of sp³-hybridized carbons (Fsp3) is 0.160. The summed E-state index contributed by atoms with van der Waals surface area (Å²) in [5, 5.41) is 1.88. The molecule has 0 saturated carbocycles. The first-order chi connectivity index (χ1) is 14.9. The third-order valence-electron chi connectivity index (χ3n) is 4.65. The summed E-state index contributed by atoms with van der Waals surface area (Å²) < 4.78 is 57.1. The van der Waals surface area contributed by atoms with Gasteiger partial charge in [-0.15, -0.1) is 0 Å². The Bertz CT molecular complexity index is 1170. The van der Waals surface area contributed by atoms with E-state index in [1.54, 1.807) is 12.1 Å². The fourth-order valence-electron chi connectivity index (χ4n) is 3.01. The Morgan fingerprint density at radius 2 is 1.35 bits per heavy atom. The molecule has 0 aliphatic carbocycles. The Hall–Kier alpha value is -3.26. The first kappa shape index (κ1) is 22.4. The molecule has 0 aliphatic rings. The van der Waals surface area contributed by atoms with E-state index in [0.29, 0.717) is 5.56 Å². The predicted octanol–water partition coefficient (Wildman–Crippen LogP) is 7.39. The summed E-state index contributed by atoms with van der Waals surface area (Å²) in [7, 11) is 0. The van der Waals surface area contributed by atoms with Gasteiger partial charge in [0.05, 0.1) is 10.7 Å². The zero-order chi connectivity index (χ0) is 22.4. The second-order valence-electron chi connectivity index (χ2n) is 6.86. The minimum Gasteiger partial charge on any atom is -0.205 e. The van der Waals surface area contributed by atoms with Crippen LogP contribution in [0.15, 0.2) is 53.5 Å². The topological polar surface area (TPSA) is 12.4 Å². The smallest absolute Gasteiger partial charge is 0.153 e. The van der Waals surface area contributed by atoms with Crippen molar-refractivity contribution < 1.29 is 17.6 Å². The minimum atomic E-state index is -1.01. The summed E-state index contributed by atoms with van der Waals surface area (Å²) in [6, 6.07) is 11.3. The molecule has 0 aromatic heterocycles. The molecule has 6 heteroatoms. The third kappa shape index (κ3) is 5.46. The zero-order valence-corrected chi connectivity index (χ0v) is 17.4. The number of rotatable bonds is 5. The number of halogens is 4. The van der Waals surface area contributed by atoms with E-state index >= 15 is 0 Å². The quantitative estimate of drug-likeness (QED) is 0.175. The monoisotopic (exact) mass is 439 g/mol. The summed E-state index contributed by atoms with van der Waals surface area (Å²) in [5.41, 5.74) is 0.706. The van der Waals surface area contributed by atoms with E-state index in [9.17, 15) is 17.6 Å². The highest BCUT2D eigenvalue weighted by molar-refractivity contribution is 7.78. The van der Waals surface area contributed by atoms with Gasteiger partial charge >= 0.3 is 0 Å². The molecule has 0 amide bonds. The highest BCUT2D eigenvalue weighted by Gasteiger charge is 2.15. The highest BCUT2D eigenvalue weighted by atomic mass is 32.1. The van der Waals surface area contributed by atoms with Gasteiger partial charge in [-0.2, -0.15) is 4.99 Å². The Kier molecular flexibility index (Phi) is 7.36. The van der Waals surface area contributed by atoms with E-state index in [1.807, 2.05) is 17.3 Å². The first-order valence-corrected chi connectivity index (χ1v) is 10.0. The van der Waals surface area contributed by atoms with Crippen LogP contribution < -0.4 is 0 Å². The average molecular weight is 439 g/mol. The summed E-state index contributed by atoms with van der Waals surface area (Å²) >= 11 is 4.35. The molecule has 0 bridgehead atoms. The van der Waals surface area contributed by atoms with Crippen molar-refractivity contribution >= 4 is 23.1 Å². The molecule has 31 heavy (non-hydrogen) atoms. The molecular weight excluding hydrogens is 422 g/mol. The van der Waals surface area contributed by atoms with Gasteiger partial charge in [0.2, 0.25) is 0 Å². The fourth-order valence-corrected chi connectivity index (χ4v) is 3.11. The molecule has 0 saturated heterocycles. The van der Waals surface area contributed by atoms with Crippen LogP contribution in [0.4, 0.5) is 23.2 Å². The molecular formula is C25H17F4NS. The zero-order valence-electron chi connectivity index (χ0n) is 16.6. The largest absolute Gasteiger partial charge is 0.205 e. The number of hydrogen-bond donors (Lipinski definition) is 0. The van der Waals surface area contributed by atoms with Gasteiger partial charge in [-0.25, -0.2) is 17.6 Å². The lowest BCUT2D eigenvalue weighted by molar-refractivity contribution is 0.577. The van der Waals surface area contributed by atoms with E-state index in [2.05, 4.69) is 36.0 Å². The molecule has 0 fully saturated rings. The molecule has 0 radical (unpaired) electrons. The van der Waals surface area contributed by atoms with Crippen molar-refractivity contribution in [2.45, 2.75) is 26.2 Å². The Balaban J connectivity index is 1.90. The van der Waals surface area contributed by atoms with Gasteiger partial charge in [-0.1, -0.05) is 37.3 Å². The number of aryl methyl sites for hydroxylation is 1. The van der Waals surface area contributed by atoms with E-state index in [-0.39, 0.29) is 11.1 Å². The molecule has 0 unspecified atom stereocenters. The minimum absolute atomic E-state index is 0.0310. The second kappa shape index (κ2) is 10.2. The molecule has 156 valence electrons. The highest BCUT2D eigenvalue weighted by Crippen LogP contribution is 2.30. The van der Waals surface area contributed by atoms with Crippen LogP contribution in [0.3, 0.4) is 0 Å². The van der Waals surface area contributed by atoms with Crippen LogP contribution in [0.2, 0.25) is 0 Å². The van der Waals surface area contributed by atoms with Crippen molar-refractivity contribution in [1.82, 2.24) is 0 Å². The Labute approximate surface area is 183 Å². The third-order valence-corrected chi connectivity index (χ3v) is 4.75. The van der Waals surface area contributed by atoms with Gasteiger partial charge in [0.25, 0.3) is 0 Å². The van der Waals surface area contributed by atoms with Crippen LogP contribution in [0, 0.1) is 35.1 Å². The Morgan fingerprint density at radius 3 is 1.87 bits per heavy atom. The maximum atomic E-state index is 14.5. The van der Waals surface area contributed by atoms with E-state index < -0.39 is 34.5 Å². The molecule has 0 atom stereocenters. The number of isothiocyanates is 1. The molecule has 0 N–H and O–H groups in total. The molecule has 3 aromatic carbocycles. The predicted molar refractivity (Wildman–Crippen MR) is 117 cm³/mol. The lowest BCUT2D eigenvalue weighted by Crippen LogP contribution is -1.94. The summed E-state index contributed by atoms with van der Waals surface area (Å²) in [4.78, 5) is 3.31. The molecule has 3 rings (SSSR count). The summed E-state index contributed by atoms with van der Waals surface area (Å²) in [5.74, 6) is 1.37. The van der Waals surface area contributed by atoms with E-state index in [4.69, 9.17) is 0 Å². The summed E-state index contributed by atoms with van der Waals surface area (Å²) in [6.07, 6.45) is 3.15. The van der Waals surface area contributed by atoms with Crippen molar-refractivity contribution in [3.8, 4) is 23.0 Å². The number of aliphatic imine (C=N–C) groups is 1. The van der Waals surface area contributed by atoms with Gasteiger partial charge in [-0.3, -0.25) is 0 Å². The normalized spacial score (nSPS) is 10.2. The number of thiocarbonyl (C=S) groups is 1. The number of nitrogens with zero attached hydrogens (tertiary/aromatic N) is 1. The van der Waals surface area contributed by atoms with Crippen LogP contribution in [0.1, 0.15) is 36.5 Å².